The number of hydrogen-bond donors (Lipinski definition) is 0. The molecule has 1 heterocycles. The van der Waals surface area contributed by atoms with Crippen molar-refractivity contribution in [3.63, 3.8) is 0 Å². The molecule has 0 spiro atoms. The van der Waals surface area contributed by atoms with Crippen molar-refractivity contribution >= 4 is 5.91 Å². The number of amides is 1. The van der Waals surface area contributed by atoms with Gasteiger partial charge in [-0.15, -0.1) is 0 Å². The van der Waals surface area contributed by atoms with Gasteiger partial charge in [0.15, 0.2) is 11.5 Å². The predicted molar refractivity (Wildman–Crippen MR) is 91.7 cm³/mol. The molecule has 1 aliphatic carbocycles. The second-order valence-corrected chi connectivity index (χ2v) is 6.67. The predicted octanol–water partition coefficient (Wildman–Crippen LogP) is 2.98. The van der Waals surface area contributed by atoms with Crippen LogP contribution in [0.1, 0.15) is 43.6 Å². The van der Waals surface area contributed by atoms with Gasteiger partial charge in [0, 0.05) is 32.5 Å². The van der Waals surface area contributed by atoms with Gasteiger partial charge in [0.25, 0.3) is 0 Å². The van der Waals surface area contributed by atoms with Gasteiger partial charge in [-0.2, -0.15) is 0 Å². The maximum atomic E-state index is 12.2. The number of benzene rings is 1. The number of carbonyl (C=O) groups is 1. The first-order valence-electron chi connectivity index (χ1n) is 8.82. The van der Waals surface area contributed by atoms with E-state index >= 15 is 0 Å². The standard InChI is InChI=1S/C19H27NO4/c1-22-10-9-20-13-15(12-19(20)21)14-7-8-17(23-2)18(11-14)24-16-5-3-4-6-16/h7-8,11,15-16H,3-6,9-10,12-13H2,1-2H3. The first-order valence-corrected chi connectivity index (χ1v) is 8.82. The Kier molecular flexibility index (Phi) is 5.61. The average Bonchev–Trinajstić information content (AvgIpc) is 3.22. The summed E-state index contributed by atoms with van der Waals surface area (Å²) in [6.45, 7) is 1.99. The zero-order valence-electron chi connectivity index (χ0n) is 14.6. The topological polar surface area (TPSA) is 48.0 Å². The lowest BCUT2D eigenvalue weighted by molar-refractivity contribution is -0.128. The molecule has 1 atom stereocenters. The average molecular weight is 333 g/mol. The van der Waals surface area contributed by atoms with Gasteiger partial charge in [-0.1, -0.05) is 6.07 Å². The minimum atomic E-state index is 0.200. The zero-order chi connectivity index (χ0) is 16.9. The molecule has 0 N–H and O–H groups in total. The Morgan fingerprint density at radius 1 is 1.17 bits per heavy atom. The zero-order valence-corrected chi connectivity index (χ0v) is 14.6. The van der Waals surface area contributed by atoms with Crippen LogP contribution in [-0.2, 0) is 9.53 Å². The van der Waals surface area contributed by atoms with Crippen LogP contribution in [0.3, 0.4) is 0 Å². The summed E-state index contributed by atoms with van der Waals surface area (Å²) in [7, 11) is 3.33. The lowest BCUT2D eigenvalue weighted by atomic mass is 9.98. The van der Waals surface area contributed by atoms with E-state index in [0.29, 0.717) is 19.6 Å². The SMILES string of the molecule is COCCN1CC(c2ccc(OC)c(OC3CCCC3)c2)CC1=O. The Balaban J connectivity index is 1.72. The molecule has 1 saturated heterocycles. The third-order valence-corrected chi connectivity index (χ3v) is 5.03. The molecule has 1 amide bonds. The molecule has 0 bridgehead atoms. The molecule has 24 heavy (non-hydrogen) atoms. The normalized spacial score (nSPS) is 21.5. The van der Waals surface area contributed by atoms with E-state index in [0.717, 1.165) is 36.4 Å². The van der Waals surface area contributed by atoms with Crippen LogP contribution in [0.25, 0.3) is 0 Å². The molecule has 1 aromatic rings. The van der Waals surface area contributed by atoms with Crippen LogP contribution in [0.5, 0.6) is 11.5 Å². The van der Waals surface area contributed by atoms with Gasteiger partial charge in [-0.3, -0.25) is 4.79 Å². The molecular weight excluding hydrogens is 306 g/mol. The highest BCUT2D eigenvalue weighted by atomic mass is 16.5. The summed E-state index contributed by atoms with van der Waals surface area (Å²) in [5.41, 5.74) is 1.15. The molecule has 1 aromatic carbocycles. The van der Waals surface area contributed by atoms with E-state index in [1.54, 1.807) is 14.2 Å². The fourth-order valence-corrected chi connectivity index (χ4v) is 3.64. The van der Waals surface area contributed by atoms with E-state index in [1.165, 1.54) is 12.8 Å². The highest BCUT2D eigenvalue weighted by Gasteiger charge is 2.31. The molecule has 2 fully saturated rings. The van der Waals surface area contributed by atoms with Crippen molar-refractivity contribution < 1.29 is 19.0 Å². The van der Waals surface area contributed by atoms with Gasteiger partial charge in [0.2, 0.25) is 5.91 Å². The smallest absolute Gasteiger partial charge is 0.223 e. The summed E-state index contributed by atoms with van der Waals surface area (Å²) in [4.78, 5) is 14.0. The third-order valence-electron chi connectivity index (χ3n) is 5.03. The number of carbonyl (C=O) groups excluding carboxylic acids is 1. The highest BCUT2D eigenvalue weighted by Crippen LogP contribution is 2.36. The Hall–Kier alpha value is -1.75. The van der Waals surface area contributed by atoms with Crippen LogP contribution in [0, 0.1) is 0 Å². The third kappa shape index (κ3) is 3.83. The second-order valence-electron chi connectivity index (χ2n) is 6.67. The fourth-order valence-electron chi connectivity index (χ4n) is 3.64. The lowest BCUT2D eigenvalue weighted by Gasteiger charge is -2.19. The van der Waals surface area contributed by atoms with Gasteiger partial charge >= 0.3 is 0 Å². The summed E-state index contributed by atoms with van der Waals surface area (Å²) in [6, 6.07) is 6.08. The molecule has 3 rings (SSSR count). The fraction of sp³-hybridized carbons (Fsp3) is 0.632. The summed E-state index contributed by atoms with van der Waals surface area (Å²) in [6.07, 6.45) is 5.54. The minimum absolute atomic E-state index is 0.200. The highest BCUT2D eigenvalue weighted by molar-refractivity contribution is 5.79. The maximum Gasteiger partial charge on any atom is 0.223 e. The summed E-state index contributed by atoms with van der Waals surface area (Å²) >= 11 is 0. The number of nitrogens with zero attached hydrogens (tertiary/aromatic N) is 1. The van der Waals surface area contributed by atoms with Crippen molar-refractivity contribution in [3.8, 4) is 11.5 Å². The molecule has 5 heteroatoms. The number of hydrogen-bond acceptors (Lipinski definition) is 4. The molecule has 1 aliphatic heterocycles. The summed E-state index contributed by atoms with van der Waals surface area (Å²) < 4.78 is 16.7. The molecule has 0 aromatic heterocycles. The Bertz CT molecular complexity index is 568. The number of methoxy groups -OCH3 is 2. The Morgan fingerprint density at radius 2 is 1.96 bits per heavy atom. The molecule has 132 valence electrons. The molecule has 0 radical (unpaired) electrons. The van der Waals surface area contributed by atoms with Crippen molar-refractivity contribution in [1.82, 2.24) is 4.90 Å². The largest absolute Gasteiger partial charge is 0.493 e. The maximum absolute atomic E-state index is 12.2. The molecule has 1 saturated carbocycles. The molecular formula is C19H27NO4. The summed E-state index contributed by atoms with van der Waals surface area (Å²) in [5.74, 6) is 1.99. The first-order chi connectivity index (χ1) is 11.7. The van der Waals surface area contributed by atoms with Gasteiger partial charge in [-0.05, 0) is 43.4 Å². The second kappa shape index (κ2) is 7.88. The van der Waals surface area contributed by atoms with E-state index in [1.807, 2.05) is 11.0 Å². The van der Waals surface area contributed by atoms with Gasteiger partial charge in [0.1, 0.15) is 0 Å². The monoisotopic (exact) mass is 333 g/mol. The van der Waals surface area contributed by atoms with Crippen molar-refractivity contribution in [1.29, 1.82) is 0 Å². The van der Waals surface area contributed by atoms with Gasteiger partial charge in [0.05, 0.1) is 19.8 Å². The van der Waals surface area contributed by atoms with Gasteiger partial charge < -0.3 is 19.1 Å². The minimum Gasteiger partial charge on any atom is -0.493 e. The van der Waals surface area contributed by atoms with E-state index in [4.69, 9.17) is 14.2 Å². The first kappa shape index (κ1) is 17.1. The van der Waals surface area contributed by atoms with Crippen LogP contribution in [0.2, 0.25) is 0 Å². The van der Waals surface area contributed by atoms with Crippen molar-refractivity contribution in [2.24, 2.45) is 0 Å². The number of likely N-dealkylation sites (tertiary alicyclic amines) is 1. The van der Waals surface area contributed by atoms with Crippen LogP contribution in [-0.4, -0.2) is 50.8 Å². The van der Waals surface area contributed by atoms with Crippen LogP contribution in [0.4, 0.5) is 0 Å². The Labute approximate surface area is 143 Å². The molecule has 2 aliphatic rings. The Morgan fingerprint density at radius 3 is 2.67 bits per heavy atom. The molecule has 1 unspecified atom stereocenters. The van der Waals surface area contributed by atoms with Crippen LogP contribution in [0.15, 0.2) is 18.2 Å². The number of ether oxygens (including phenoxy) is 3. The van der Waals surface area contributed by atoms with Gasteiger partial charge in [-0.25, -0.2) is 0 Å². The van der Waals surface area contributed by atoms with Crippen molar-refractivity contribution in [2.45, 2.75) is 44.1 Å². The quantitative estimate of drug-likeness (QED) is 0.770. The van der Waals surface area contributed by atoms with E-state index < -0.39 is 0 Å². The number of rotatable bonds is 7. The van der Waals surface area contributed by atoms with E-state index in [2.05, 4.69) is 12.1 Å². The van der Waals surface area contributed by atoms with Crippen molar-refractivity contribution in [3.05, 3.63) is 23.8 Å². The van der Waals surface area contributed by atoms with Crippen molar-refractivity contribution in [2.75, 3.05) is 33.9 Å². The van der Waals surface area contributed by atoms with Crippen LogP contribution < -0.4 is 9.47 Å². The summed E-state index contributed by atoms with van der Waals surface area (Å²) in [5, 5.41) is 0. The van der Waals surface area contributed by atoms with Crippen LogP contribution >= 0.6 is 0 Å². The van der Waals surface area contributed by atoms with E-state index in [9.17, 15) is 4.79 Å². The van der Waals surface area contributed by atoms with E-state index in [-0.39, 0.29) is 17.9 Å². The lowest BCUT2D eigenvalue weighted by Crippen LogP contribution is -2.28. The molecule has 5 nitrogen and oxygen atoms in total.